The molecule has 27 heavy (non-hydrogen) atoms. The van der Waals surface area contributed by atoms with Gasteiger partial charge in [0.15, 0.2) is 0 Å². The van der Waals surface area contributed by atoms with Crippen molar-refractivity contribution in [3.05, 3.63) is 12.2 Å². The second-order valence-corrected chi connectivity index (χ2v) is 8.57. The van der Waals surface area contributed by atoms with E-state index in [9.17, 15) is 4.79 Å². The molecule has 158 valence electrons. The van der Waals surface area contributed by atoms with E-state index in [1.807, 2.05) is 0 Å². The molecule has 0 aromatic carbocycles. The monoisotopic (exact) mass is 377 g/mol. The van der Waals surface area contributed by atoms with E-state index >= 15 is 0 Å². The van der Waals surface area contributed by atoms with E-state index in [4.69, 9.17) is 0 Å². The maximum atomic E-state index is 12.2. The smallest absolute Gasteiger partial charge is 0.222 e. The lowest BCUT2D eigenvalue weighted by atomic mass is 9.94. The topological polar surface area (TPSA) is 20.3 Å². The van der Waals surface area contributed by atoms with E-state index in [-0.39, 0.29) is 0 Å². The van der Waals surface area contributed by atoms with E-state index in [0.29, 0.717) is 5.91 Å². The largest absolute Gasteiger partial charge is 0.343 e. The van der Waals surface area contributed by atoms with Crippen LogP contribution in [0.4, 0.5) is 0 Å². The number of hydrogen-bond acceptors (Lipinski definition) is 1. The van der Waals surface area contributed by atoms with E-state index < -0.39 is 0 Å². The third kappa shape index (κ3) is 13.1. The number of piperidine rings is 1. The average molecular weight is 378 g/mol. The van der Waals surface area contributed by atoms with Crippen LogP contribution in [0.2, 0.25) is 0 Å². The summed E-state index contributed by atoms with van der Waals surface area (Å²) in [6.07, 6.45) is 26.3. The summed E-state index contributed by atoms with van der Waals surface area (Å²) in [6.45, 7) is 6.55. The zero-order chi connectivity index (χ0) is 19.6. The van der Waals surface area contributed by atoms with Crippen molar-refractivity contribution < 1.29 is 4.79 Å². The van der Waals surface area contributed by atoms with Crippen molar-refractivity contribution in [3.63, 3.8) is 0 Å². The van der Waals surface area contributed by atoms with Gasteiger partial charge in [0.05, 0.1) is 0 Å². The predicted octanol–water partition coefficient (Wildman–Crippen LogP) is 7.67. The molecule has 0 radical (unpaired) electrons. The maximum absolute atomic E-state index is 12.2. The highest BCUT2D eigenvalue weighted by atomic mass is 16.2. The number of rotatable bonds is 16. The number of allylic oxidation sites excluding steroid dienone is 2. The number of likely N-dealkylation sites (tertiary alicyclic amines) is 1. The van der Waals surface area contributed by atoms with Crippen molar-refractivity contribution in [3.8, 4) is 0 Å². The van der Waals surface area contributed by atoms with Crippen LogP contribution in [0.1, 0.15) is 123 Å². The standard InChI is InChI=1S/C25H47NO/c1-3-5-6-7-8-9-10-11-12-13-14-15-16-17-18-19-25(27)26-22-20-24(4-2)21-23-26/h11-12,24H,3-10,13-23H2,1-2H3/b12-11-. The fourth-order valence-corrected chi connectivity index (χ4v) is 4.10. The molecular formula is C25H47NO. The Morgan fingerprint density at radius 2 is 1.30 bits per heavy atom. The molecule has 1 fully saturated rings. The van der Waals surface area contributed by atoms with Crippen LogP contribution < -0.4 is 0 Å². The molecule has 1 rings (SSSR count). The van der Waals surface area contributed by atoms with E-state index in [1.165, 1.54) is 96.3 Å². The first-order valence-corrected chi connectivity index (χ1v) is 12.2. The summed E-state index contributed by atoms with van der Waals surface area (Å²) in [4.78, 5) is 14.4. The second-order valence-electron chi connectivity index (χ2n) is 8.57. The summed E-state index contributed by atoms with van der Waals surface area (Å²) in [6, 6.07) is 0. The van der Waals surface area contributed by atoms with Crippen molar-refractivity contribution in [2.24, 2.45) is 5.92 Å². The van der Waals surface area contributed by atoms with Crippen molar-refractivity contribution in [2.75, 3.05) is 13.1 Å². The Kier molecular flexibility index (Phi) is 15.6. The molecule has 2 nitrogen and oxygen atoms in total. The first kappa shape index (κ1) is 24.2. The summed E-state index contributed by atoms with van der Waals surface area (Å²) < 4.78 is 0. The Labute approximate surface area is 170 Å². The molecule has 0 aromatic rings. The highest BCUT2D eigenvalue weighted by Crippen LogP contribution is 2.21. The van der Waals surface area contributed by atoms with E-state index in [0.717, 1.165) is 31.8 Å². The van der Waals surface area contributed by atoms with E-state index in [2.05, 4.69) is 30.9 Å². The van der Waals surface area contributed by atoms with Crippen molar-refractivity contribution >= 4 is 5.91 Å². The molecule has 0 bridgehead atoms. The second kappa shape index (κ2) is 17.3. The third-order valence-corrected chi connectivity index (χ3v) is 6.20. The molecule has 1 amide bonds. The van der Waals surface area contributed by atoms with Crippen molar-refractivity contribution in [1.82, 2.24) is 4.90 Å². The highest BCUT2D eigenvalue weighted by Gasteiger charge is 2.20. The first-order valence-electron chi connectivity index (χ1n) is 12.2. The Hall–Kier alpha value is -0.790. The normalized spacial score (nSPS) is 15.7. The third-order valence-electron chi connectivity index (χ3n) is 6.20. The number of carbonyl (C=O) groups is 1. The van der Waals surface area contributed by atoms with Crippen LogP contribution in [0.3, 0.4) is 0 Å². The van der Waals surface area contributed by atoms with Crippen LogP contribution in [0.5, 0.6) is 0 Å². The van der Waals surface area contributed by atoms with Crippen LogP contribution >= 0.6 is 0 Å². The van der Waals surface area contributed by atoms with Crippen LogP contribution in [-0.4, -0.2) is 23.9 Å². The van der Waals surface area contributed by atoms with Gasteiger partial charge >= 0.3 is 0 Å². The van der Waals surface area contributed by atoms with Crippen LogP contribution in [0.25, 0.3) is 0 Å². The highest BCUT2D eigenvalue weighted by molar-refractivity contribution is 5.76. The Bertz CT molecular complexity index is 369. The number of carbonyl (C=O) groups excluding carboxylic acids is 1. The van der Waals surface area contributed by atoms with Gasteiger partial charge in [-0.3, -0.25) is 4.79 Å². The Morgan fingerprint density at radius 3 is 1.85 bits per heavy atom. The van der Waals surface area contributed by atoms with Crippen LogP contribution in [-0.2, 0) is 4.79 Å². The van der Waals surface area contributed by atoms with Gasteiger partial charge in [-0.15, -0.1) is 0 Å². The zero-order valence-corrected chi connectivity index (χ0v) is 18.5. The molecule has 1 aliphatic heterocycles. The minimum atomic E-state index is 0.405. The SMILES string of the molecule is CCCCCCCC/C=C\CCCCCCCC(=O)N1CCC(CC)CC1. The van der Waals surface area contributed by atoms with Gasteiger partial charge < -0.3 is 4.90 Å². The Morgan fingerprint density at radius 1 is 0.778 bits per heavy atom. The summed E-state index contributed by atoms with van der Waals surface area (Å²) >= 11 is 0. The minimum absolute atomic E-state index is 0.405. The van der Waals surface area contributed by atoms with E-state index in [1.54, 1.807) is 0 Å². The summed E-state index contributed by atoms with van der Waals surface area (Å²) in [5, 5.41) is 0. The minimum Gasteiger partial charge on any atom is -0.343 e. The molecule has 0 aliphatic carbocycles. The van der Waals surface area contributed by atoms with Gasteiger partial charge in [-0.2, -0.15) is 0 Å². The number of amides is 1. The van der Waals surface area contributed by atoms with Gasteiger partial charge in [-0.05, 0) is 50.9 Å². The molecule has 1 saturated heterocycles. The Balaban J connectivity index is 1.83. The summed E-state index contributed by atoms with van der Waals surface area (Å²) in [5.41, 5.74) is 0. The average Bonchev–Trinajstić information content (AvgIpc) is 2.70. The van der Waals surface area contributed by atoms with Crippen LogP contribution in [0.15, 0.2) is 12.2 Å². The fraction of sp³-hybridized carbons (Fsp3) is 0.880. The van der Waals surface area contributed by atoms with Gasteiger partial charge in [0.2, 0.25) is 5.91 Å². The zero-order valence-electron chi connectivity index (χ0n) is 18.5. The quantitative estimate of drug-likeness (QED) is 0.199. The number of unbranched alkanes of at least 4 members (excludes halogenated alkanes) is 11. The molecule has 1 aliphatic rings. The molecular weight excluding hydrogens is 330 g/mol. The molecule has 0 spiro atoms. The number of hydrogen-bond donors (Lipinski definition) is 0. The van der Waals surface area contributed by atoms with Crippen molar-refractivity contribution in [2.45, 2.75) is 123 Å². The lowest BCUT2D eigenvalue weighted by Gasteiger charge is -2.31. The number of nitrogens with zero attached hydrogens (tertiary/aromatic N) is 1. The lowest BCUT2D eigenvalue weighted by molar-refractivity contribution is -0.132. The molecule has 0 aromatic heterocycles. The summed E-state index contributed by atoms with van der Waals surface area (Å²) in [7, 11) is 0. The van der Waals surface area contributed by atoms with Crippen molar-refractivity contribution in [1.29, 1.82) is 0 Å². The molecule has 0 unspecified atom stereocenters. The van der Waals surface area contributed by atoms with Gasteiger partial charge in [0.1, 0.15) is 0 Å². The van der Waals surface area contributed by atoms with Gasteiger partial charge in [-0.1, -0.05) is 83.8 Å². The van der Waals surface area contributed by atoms with Gasteiger partial charge in [-0.25, -0.2) is 0 Å². The predicted molar refractivity (Wildman–Crippen MR) is 119 cm³/mol. The molecule has 1 heterocycles. The maximum Gasteiger partial charge on any atom is 0.222 e. The van der Waals surface area contributed by atoms with Gasteiger partial charge in [0, 0.05) is 19.5 Å². The molecule has 0 saturated carbocycles. The van der Waals surface area contributed by atoms with Gasteiger partial charge in [0.25, 0.3) is 0 Å². The fourth-order valence-electron chi connectivity index (χ4n) is 4.10. The first-order chi connectivity index (χ1) is 13.3. The lowest BCUT2D eigenvalue weighted by Crippen LogP contribution is -2.38. The molecule has 2 heteroatoms. The van der Waals surface area contributed by atoms with Crippen LogP contribution in [0, 0.1) is 5.92 Å². The molecule has 0 atom stereocenters. The summed E-state index contributed by atoms with van der Waals surface area (Å²) in [5.74, 6) is 1.26. The molecule has 0 N–H and O–H groups in total.